The molecule has 0 spiro atoms. The number of carbonyl (C=O) groups is 1. The van der Waals surface area contributed by atoms with E-state index in [1.807, 2.05) is 0 Å². The van der Waals surface area contributed by atoms with Crippen molar-refractivity contribution >= 4 is 15.7 Å². The molecule has 1 amide bonds. The molecule has 3 atom stereocenters. The Bertz CT molecular complexity index is 435. The van der Waals surface area contributed by atoms with Gasteiger partial charge in [0.25, 0.3) is 0 Å². The SMILES string of the molecule is CCC1CN(C(=O)C2CCCCS2(=O)=O)CCC1N. The highest BCUT2D eigenvalue weighted by molar-refractivity contribution is 7.92. The fourth-order valence-corrected chi connectivity index (χ4v) is 4.99. The number of hydrogen-bond donors (Lipinski definition) is 1. The van der Waals surface area contributed by atoms with E-state index in [2.05, 4.69) is 6.92 Å². The fraction of sp³-hybridized carbons (Fsp3) is 0.923. The monoisotopic (exact) mass is 288 g/mol. The number of amides is 1. The fourth-order valence-electron chi connectivity index (χ4n) is 3.12. The van der Waals surface area contributed by atoms with Crippen LogP contribution in [0.25, 0.3) is 0 Å². The number of piperidine rings is 1. The number of likely N-dealkylation sites (tertiary alicyclic amines) is 1. The van der Waals surface area contributed by atoms with Crippen LogP contribution >= 0.6 is 0 Å². The lowest BCUT2D eigenvalue weighted by molar-refractivity contribution is -0.133. The average Bonchev–Trinajstić information content (AvgIpc) is 2.38. The van der Waals surface area contributed by atoms with Gasteiger partial charge in [-0.05, 0) is 25.2 Å². The van der Waals surface area contributed by atoms with Crippen molar-refractivity contribution in [2.24, 2.45) is 11.7 Å². The zero-order valence-corrected chi connectivity index (χ0v) is 12.4. The highest BCUT2D eigenvalue weighted by Crippen LogP contribution is 2.25. The van der Waals surface area contributed by atoms with Gasteiger partial charge >= 0.3 is 0 Å². The first-order valence-electron chi connectivity index (χ1n) is 7.21. The largest absolute Gasteiger partial charge is 0.341 e. The van der Waals surface area contributed by atoms with Gasteiger partial charge in [-0.1, -0.05) is 19.8 Å². The minimum atomic E-state index is -3.23. The molecule has 19 heavy (non-hydrogen) atoms. The Kier molecular flexibility index (Phi) is 4.50. The first-order chi connectivity index (χ1) is 8.95. The van der Waals surface area contributed by atoms with Crippen molar-refractivity contribution in [3.8, 4) is 0 Å². The summed E-state index contributed by atoms with van der Waals surface area (Å²) in [7, 11) is -3.23. The Morgan fingerprint density at radius 3 is 2.68 bits per heavy atom. The number of carbonyl (C=O) groups excluding carboxylic acids is 1. The van der Waals surface area contributed by atoms with Gasteiger partial charge < -0.3 is 10.6 Å². The Labute approximate surface area is 115 Å². The van der Waals surface area contributed by atoms with Gasteiger partial charge in [0.15, 0.2) is 9.84 Å². The van der Waals surface area contributed by atoms with Gasteiger partial charge in [0.2, 0.25) is 5.91 Å². The van der Waals surface area contributed by atoms with Crippen molar-refractivity contribution in [3.05, 3.63) is 0 Å². The molecule has 0 bridgehead atoms. The molecule has 2 aliphatic rings. The van der Waals surface area contributed by atoms with Gasteiger partial charge in [-0.25, -0.2) is 8.42 Å². The van der Waals surface area contributed by atoms with Crippen LogP contribution in [0.15, 0.2) is 0 Å². The second-order valence-corrected chi connectivity index (χ2v) is 8.06. The minimum absolute atomic E-state index is 0.136. The first kappa shape index (κ1) is 14.8. The smallest absolute Gasteiger partial charge is 0.240 e. The normalized spacial score (nSPS) is 35.1. The van der Waals surface area contributed by atoms with E-state index < -0.39 is 15.1 Å². The third-order valence-corrected chi connectivity index (χ3v) is 6.64. The van der Waals surface area contributed by atoms with Crippen LogP contribution in [0.1, 0.15) is 39.0 Å². The molecule has 0 aromatic carbocycles. The van der Waals surface area contributed by atoms with E-state index in [0.29, 0.717) is 31.8 Å². The summed E-state index contributed by atoms with van der Waals surface area (Å²) >= 11 is 0. The lowest BCUT2D eigenvalue weighted by Gasteiger charge is -2.38. The van der Waals surface area contributed by atoms with Gasteiger partial charge in [0.1, 0.15) is 5.25 Å². The zero-order valence-electron chi connectivity index (χ0n) is 11.5. The molecular weight excluding hydrogens is 264 g/mol. The second kappa shape index (κ2) is 5.79. The van der Waals surface area contributed by atoms with Crippen LogP contribution in [0.3, 0.4) is 0 Å². The van der Waals surface area contributed by atoms with Crippen molar-refractivity contribution in [3.63, 3.8) is 0 Å². The first-order valence-corrected chi connectivity index (χ1v) is 8.93. The van der Waals surface area contributed by atoms with E-state index in [0.717, 1.165) is 19.3 Å². The summed E-state index contributed by atoms with van der Waals surface area (Å²) in [6, 6.07) is 0.136. The number of nitrogens with zero attached hydrogens (tertiary/aromatic N) is 1. The Hall–Kier alpha value is -0.620. The highest BCUT2D eigenvalue weighted by Gasteiger charge is 2.39. The summed E-state index contributed by atoms with van der Waals surface area (Å²) in [6.07, 6.45) is 3.72. The Morgan fingerprint density at radius 2 is 2.05 bits per heavy atom. The molecule has 0 radical (unpaired) electrons. The second-order valence-electron chi connectivity index (χ2n) is 5.76. The maximum absolute atomic E-state index is 12.4. The summed E-state index contributed by atoms with van der Waals surface area (Å²) in [5.74, 6) is 0.266. The topological polar surface area (TPSA) is 80.5 Å². The summed E-state index contributed by atoms with van der Waals surface area (Å²) in [5.41, 5.74) is 6.03. The molecule has 2 saturated heterocycles. The standard InChI is InChI=1S/C13H24N2O3S/c1-2-10-9-15(7-6-11(10)14)13(16)12-5-3-4-8-19(12,17)18/h10-12H,2-9,14H2,1H3. The van der Waals surface area contributed by atoms with Crippen LogP contribution in [0.4, 0.5) is 0 Å². The van der Waals surface area contributed by atoms with Gasteiger partial charge in [-0.15, -0.1) is 0 Å². The van der Waals surface area contributed by atoms with Crippen LogP contribution < -0.4 is 5.73 Å². The molecule has 110 valence electrons. The molecule has 2 heterocycles. The van der Waals surface area contributed by atoms with Crippen molar-refractivity contribution < 1.29 is 13.2 Å². The predicted molar refractivity (Wildman–Crippen MR) is 74.4 cm³/mol. The van der Waals surface area contributed by atoms with Crippen molar-refractivity contribution in [1.82, 2.24) is 4.90 Å². The Morgan fingerprint density at radius 1 is 1.32 bits per heavy atom. The van der Waals surface area contributed by atoms with Gasteiger partial charge in [0.05, 0.1) is 5.75 Å². The van der Waals surface area contributed by atoms with E-state index in [1.54, 1.807) is 4.90 Å². The average molecular weight is 288 g/mol. The summed E-state index contributed by atoms with van der Waals surface area (Å²) in [4.78, 5) is 14.2. The van der Waals surface area contributed by atoms with E-state index >= 15 is 0 Å². The molecule has 2 rings (SSSR count). The van der Waals surface area contributed by atoms with E-state index in [9.17, 15) is 13.2 Å². The molecule has 2 fully saturated rings. The molecule has 3 unspecified atom stereocenters. The molecule has 6 heteroatoms. The molecule has 5 nitrogen and oxygen atoms in total. The third kappa shape index (κ3) is 3.11. The number of nitrogens with two attached hydrogens (primary N) is 1. The van der Waals surface area contributed by atoms with Gasteiger partial charge in [-0.2, -0.15) is 0 Å². The lowest BCUT2D eigenvalue weighted by Crippen LogP contribution is -2.53. The van der Waals surface area contributed by atoms with Crippen LogP contribution in [0, 0.1) is 5.92 Å². The van der Waals surface area contributed by atoms with Crippen LogP contribution in [-0.2, 0) is 14.6 Å². The van der Waals surface area contributed by atoms with E-state index in [4.69, 9.17) is 5.73 Å². The van der Waals surface area contributed by atoms with Crippen LogP contribution in [0.2, 0.25) is 0 Å². The zero-order chi connectivity index (χ0) is 14.0. The Balaban J connectivity index is 2.07. The summed E-state index contributed by atoms with van der Waals surface area (Å²) < 4.78 is 24.0. The maximum atomic E-state index is 12.4. The maximum Gasteiger partial charge on any atom is 0.240 e. The lowest BCUT2D eigenvalue weighted by atomic mass is 9.90. The summed E-state index contributed by atoms with van der Waals surface area (Å²) in [5, 5.41) is -0.798. The van der Waals surface area contributed by atoms with Gasteiger partial charge in [0, 0.05) is 19.1 Å². The number of rotatable bonds is 2. The molecule has 2 aliphatic heterocycles. The van der Waals surface area contributed by atoms with Crippen molar-refractivity contribution in [2.75, 3.05) is 18.8 Å². The quantitative estimate of drug-likeness (QED) is 0.804. The summed E-state index contributed by atoms with van der Waals surface area (Å²) in [6.45, 7) is 3.28. The van der Waals surface area contributed by atoms with Crippen molar-refractivity contribution in [2.45, 2.75) is 50.3 Å². The molecule has 0 saturated carbocycles. The highest BCUT2D eigenvalue weighted by atomic mass is 32.2. The van der Waals surface area contributed by atoms with Crippen LogP contribution in [-0.4, -0.2) is 49.4 Å². The van der Waals surface area contributed by atoms with Crippen molar-refractivity contribution in [1.29, 1.82) is 0 Å². The molecule has 0 aromatic heterocycles. The molecular formula is C13H24N2O3S. The third-order valence-electron chi connectivity index (χ3n) is 4.48. The van der Waals surface area contributed by atoms with Crippen LogP contribution in [0.5, 0.6) is 0 Å². The molecule has 0 aromatic rings. The number of hydrogen-bond acceptors (Lipinski definition) is 4. The van der Waals surface area contributed by atoms with Gasteiger partial charge in [-0.3, -0.25) is 4.79 Å². The molecule has 0 aliphatic carbocycles. The number of sulfone groups is 1. The van der Waals surface area contributed by atoms with E-state index in [-0.39, 0.29) is 17.7 Å². The van der Waals surface area contributed by atoms with E-state index in [1.165, 1.54) is 0 Å². The molecule has 2 N–H and O–H groups in total. The minimum Gasteiger partial charge on any atom is -0.341 e. The predicted octanol–water partition coefficient (Wildman–Crippen LogP) is 0.540.